The van der Waals surface area contributed by atoms with Crippen LogP contribution in [0.15, 0.2) is 48.8 Å². The van der Waals surface area contributed by atoms with Crippen molar-refractivity contribution in [1.82, 2.24) is 4.98 Å². The maximum atomic E-state index is 12.3. The third-order valence-electron chi connectivity index (χ3n) is 4.62. The number of hydrogen-bond donors (Lipinski definition) is 0. The quantitative estimate of drug-likeness (QED) is 0.637. The van der Waals surface area contributed by atoms with E-state index in [1.54, 1.807) is 55.9 Å². The van der Waals surface area contributed by atoms with Crippen LogP contribution >= 0.6 is 0 Å². The number of rotatable bonds is 4. The Morgan fingerprint density at radius 3 is 2.33 bits per heavy atom. The van der Waals surface area contributed by atoms with Gasteiger partial charge in [-0.1, -0.05) is 18.2 Å². The van der Waals surface area contributed by atoms with Crippen molar-refractivity contribution < 1.29 is 14.5 Å². The number of aromatic nitrogens is 1. The van der Waals surface area contributed by atoms with Crippen LogP contribution < -0.4 is 4.74 Å². The minimum absolute atomic E-state index is 0.0442. The van der Waals surface area contributed by atoms with Gasteiger partial charge in [-0.15, -0.1) is 0 Å². The number of methoxy groups -OCH3 is 1. The van der Waals surface area contributed by atoms with Gasteiger partial charge in [0, 0.05) is 30.2 Å². The second-order valence-corrected chi connectivity index (χ2v) is 6.00. The Morgan fingerprint density at radius 1 is 1.12 bits per heavy atom. The number of hydrogen-bond acceptors (Lipinski definition) is 5. The van der Waals surface area contributed by atoms with Crippen molar-refractivity contribution in [2.24, 2.45) is 0 Å². The zero-order valence-corrected chi connectivity index (χ0v) is 13.3. The molecule has 1 aromatic heterocycles. The van der Waals surface area contributed by atoms with E-state index in [0.717, 1.165) is 11.1 Å². The first-order chi connectivity index (χ1) is 11.6. The van der Waals surface area contributed by atoms with E-state index in [4.69, 9.17) is 4.74 Å². The number of ketones is 1. The molecule has 0 saturated heterocycles. The van der Waals surface area contributed by atoms with Gasteiger partial charge in [0.1, 0.15) is 11.5 Å². The average Bonchev–Trinajstić information content (AvgIpc) is 2.61. The molecule has 3 atom stereocenters. The topological polar surface area (TPSA) is 82.3 Å². The van der Waals surface area contributed by atoms with Crippen molar-refractivity contribution in [2.75, 3.05) is 7.11 Å². The number of carbonyl (C=O) groups is 1. The highest BCUT2D eigenvalue weighted by molar-refractivity contribution is 5.81. The predicted molar refractivity (Wildman–Crippen MR) is 87.7 cm³/mol. The van der Waals surface area contributed by atoms with Gasteiger partial charge < -0.3 is 4.74 Å². The maximum Gasteiger partial charge on any atom is 0.227 e. The second-order valence-electron chi connectivity index (χ2n) is 6.00. The number of carbonyl (C=O) groups excluding carboxylic acids is 1. The second kappa shape index (κ2) is 6.78. The van der Waals surface area contributed by atoms with Crippen LogP contribution in [-0.2, 0) is 4.79 Å². The molecule has 124 valence electrons. The minimum Gasteiger partial charge on any atom is -0.497 e. The van der Waals surface area contributed by atoms with E-state index in [1.807, 2.05) is 0 Å². The van der Waals surface area contributed by atoms with Crippen LogP contribution in [0.25, 0.3) is 0 Å². The van der Waals surface area contributed by atoms with E-state index in [-0.39, 0.29) is 23.5 Å². The Labute approximate surface area is 139 Å². The van der Waals surface area contributed by atoms with E-state index in [0.29, 0.717) is 5.75 Å². The fraction of sp³-hybridized carbons (Fsp3) is 0.333. The van der Waals surface area contributed by atoms with Gasteiger partial charge in [-0.3, -0.25) is 19.9 Å². The summed E-state index contributed by atoms with van der Waals surface area (Å²) in [6.07, 6.45) is 3.61. The molecule has 0 spiro atoms. The van der Waals surface area contributed by atoms with Crippen LogP contribution in [0.3, 0.4) is 0 Å². The lowest BCUT2D eigenvalue weighted by Crippen LogP contribution is -2.40. The summed E-state index contributed by atoms with van der Waals surface area (Å²) < 4.78 is 5.13. The number of ether oxygens (including phenoxy) is 1. The average molecular weight is 326 g/mol. The van der Waals surface area contributed by atoms with Gasteiger partial charge >= 0.3 is 0 Å². The summed E-state index contributed by atoms with van der Waals surface area (Å²) in [6.45, 7) is 0. The molecule has 0 amide bonds. The number of benzene rings is 1. The van der Waals surface area contributed by atoms with Crippen molar-refractivity contribution in [3.05, 3.63) is 70.0 Å². The zero-order valence-electron chi connectivity index (χ0n) is 13.3. The standard InChI is InChI=1S/C18H18N2O4/c1-24-15-6-4-12(5-7-15)16-9-14(21)10-17(18(16)20(22)23)13-3-2-8-19-11-13/h2-8,11,16-18H,9-10H2,1H3/t16-,17?,18-/m0/s1. The van der Waals surface area contributed by atoms with Gasteiger partial charge in [-0.25, -0.2) is 0 Å². The third kappa shape index (κ3) is 3.13. The molecule has 0 aliphatic heterocycles. The van der Waals surface area contributed by atoms with E-state index in [9.17, 15) is 14.9 Å². The lowest BCUT2D eigenvalue weighted by Gasteiger charge is -2.32. The van der Waals surface area contributed by atoms with Gasteiger partial charge in [-0.2, -0.15) is 0 Å². The maximum absolute atomic E-state index is 12.3. The molecule has 6 nitrogen and oxygen atoms in total. The highest BCUT2D eigenvalue weighted by Crippen LogP contribution is 2.41. The largest absolute Gasteiger partial charge is 0.497 e. The molecule has 1 heterocycles. The summed E-state index contributed by atoms with van der Waals surface area (Å²) in [7, 11) is 1.57. The van der Waals surface area contributed by atoms with Gasteiger partial charge in [0.2, 0.25) is 6.04 Å². The van der Waals surface area contributed by atoms with E-state index < -0.39 is 17.9 Å². The molecule has 0 N–H and O–H groups in total. The molecular weight excluding hydrogens is 308 g/mol. The van der Waals surface area contributed by atoms with E-state index in [1.165, 1.54) is 0 Å². The fourth-order valence-corrected chi connectivity index (χ4v) is 3.47. The molecule has 1 aliphatic carbocycles. The number of pyridine rings is 1. The summed E-state index contributed by atoms with van der Waals surface area (Å²) >= 11 is 0. The van der Waals surface area contributed by atoms with Gasteiger partial charge in [0.15, 0.2) is 0 Å². The van der Waals surface area contributed by atoms with Gasteiger partial charge in [0.25, 0.3) is 0 Å². The molecular formula is C18H18N2O4. The molecule has 1 aliphatic rings. The Morgan fingerprint density at radius 2 is 1.79 bits per heavy atom. The molecule has 6 heteroatoms. The highest BCUT2D eigenvalue weighted by atomic mass is 16.6. The summed E-state index contributed by atoms with van der Waals surface area (Å²) in [5.74, 6) is -0.176. The third-order valence-corrected chi connectivity index (χ3v) is 4.62. The lowest BCUT2D eigenvalue weighted by molar-refractivity contribution is -0.532. The Balaban J connectivity index is 1.99. The summed E-state index contributed by atoms with van der Waals surface area (Å²) in [5.41, 5.74) is 1.53. The molecule has 1 unspecified atom stereocenters. The van der Waals surface area contributed by atoms with Crippen LogP contribution in [0.2, 0.25) is 0 Å². The summed E-state index contributed by atoms with van der Waals surface area (Å²) in [4.78, 5) is 27.9. The van der Waals surface area contributed by atoms with Crippen molar-refractivity contribution in [3.8, 4) is 5.75 Å². The fourth-order valence-electron chi connectivity index (χ4n) is 3.47. The SMILES string of the molecule is COc1ccc([C@@H]2CC(=O)CC(c3cccnc3)[C@H]2[N+](=O)[O-])cc1. The van der Waals surface area contributed by atoms with Crippen LogP contribution in [0.1, 0.15) is 35.8 Å². The van der Waals surface area contributed by atoms with Crippen molar-refractivity contribution >= 4 is 5.78 Å². The highest BCUT2D eigenvalue weighted by Gasteiger charge is 2.46. The molecule has 2 aromatic rings. The monoisotopic (exact) mass is 326 g/mol. The Kier molecular flexibility index (Phi) is 4.55. The normalized spacial score (nSPS) is 23.7. The van der Waals surface area contributed by atoms with Gasteiger partial charge in [0.05, 0.1) is 18.9 Å². The number of Topliss-reactive ketones (excluding diaryl/α,β-unsaturated/α-hetero) is 1. The number of nitrogens with zero attached hydrogens (tertiary/aromatic N) is 2. The van der Waals surface area contributed by atoms with E-state index >= 15 is 0 Å². The van der Waals surface area contributed by atoms with Crippen molar-refractivity contribution in [1.29, 1.82) is 0 Å². The molecule has 0 radical (unpaired) electrons. The van der Waals surface area contributed by atoms with E-state index in [2.05, 4.69) is 4.98 Å². The molecule has 1 saturated carbocycles. The van der Waals surface area contributed by atoms with Gasteiger partial charge in [-0.05, 0) is 29.3 Å². The number of nitro groups is 1. The van der Waals surface area contributed by atoms with Crippen molar-refractivity contribution in [3.63, 3.8) is 0 Å². The lowest BCUT2D eigenvalue weighted by atomic mass is 9.71. The Bertz CT molecular complexity index is 730. The van der Waals surface area contributed by atoms with Crippen LogP contribution in [0.5, 0.6) is 5.75 Å². The van der Waals surface area contributed by atoms with Crippen LogP contribution in [-0.4, -0.2) is 28.8 Å². The first-order valence-corrected chi connectivity index (χ1v) is 7.79. The Hall–Kier alpha value is -2.76. The first kappa shape index (κ1) is 16.1. The predicted octanol–water partition coefficient (Wildman–Crippen LogP) is 2.97. The molecule has 1 aromatic carbocycles. The minimum atomic E-state index is -0.847. The molecule has 24 heavy (non-hydrogen) atoms. The first-order valence-electron chi connectivity index (χ1n) is 7.79. The van der Waals surface area contributed by atoms with Crippen LogP contribution in [0.4, 0.5) is 0 Å². The summed E-state index contributed by atoms with van der Waals surface area (Å²) in [6, 6.07) is 9.85. The summed E-state index contributed by atoms with van der Waals surface area (Å²) in [5, 5.41) is 11.8. The zero-order chi connectivity index (χ0) is 17.1. The van der Waals surface area contributed by atoms with Crippen LogP contribution in [0, 0.1) is 10.1 Å². The molecule has 0 bridgehead atoms. The van der Waals surface area contributed by atoms with Crippen molar-refractivity contribution in [2.45, 2.75) is 30.7 Å². The molecule has 1 fully saturated rings. The molecule has 3 rings (SSSR count). The smallest absolute Gasteiger partial charge is 0.227 e.